The van der Waals surface area contributed by atoms with Gasteiger partial charge in [0.25, 0.3) is 0 Å². The van der Waals surface area contributed by atoms with Gasteiger partial charge >= 0.3 is 0 Å². The summed E-state index contributed by atoms with van der Waals surface area (Å²) in [5, 5.41) is 2.49. The molecule has 0 amide bonds. The van der Waals surface area contributed by atoms with Crippen LogP contribution in [-0.2, 0) is 17.9 Å². The van der Waals surface area contributed by atoms with Crippen LogP contribution in [0.4, 0.5) is 5.82 Å². The summed E-state index contributed by atoms with van der Waals surface area (Å²) in [6.45, 7) is 1.13. The molecular formula is C12H13BrClN3OS. The lowest BCUT2D eigenvalue weighted by atomic mass is 10.4. The molecule has 2 heterocycles. The molecule has 7 heteroatoms. The lowest BCUT2D eigenvalue weighted by Gasteiger charge is -2.18. The van der Waals surface area contributed by atoms with Gasteiger partial charge in [0.15, 0.2) is 5.82 Å². The summed E-state index contributed by atoms with van der Waals surface area (Å²) in [7, 11) is 3.58. The van der Waals surface area contributed by atoms with Gasteiger partial charge in [0, 0.05) is 35.0 Å². The minimum atomic E-state index is 0.353. The van der Waals surface area contributed by atoms with Crippen molar-refractivity contribution in [1.82, 2.24) is 9.97 Å². The van der Waals surface area contributed by atoms with Gasteiger partial charge in [0.1, 0.15) is 17.6 Å². The van der Waals surface area contributed by atoms with Crippen molar-refractivity contribution in [2.75, 3.05) is 19.1 Å². The molecule has 0 aliphatic rings. The number of thiophene rings is 1. The fraction of sp³-hybridized carbons (Fsp3) is 0.333. The molecule has 0 aromatic carbocycles. The second-order valence-electron chi connectivity index (χ2n) is 3.99. The number of rotatable bonds is 5. The molecule has 0 saturated carbocycles. The Morgan fingerprint density at radius 3 is 2.84 bits per heavy atom. The molecule has 102 valence electrons. The minimum Gasteiger partial charge on any atom is -0.377 e. The summed E-state index contributed by atoms with van der Waals surface area (Å²) in [6, 6.07) is 3.85. The van der Waals surface area contributed by atoms with Crippen LogP contribution in [-0.4, -0.2) is 24.1 Å². The highest BCUT2D eigenvalue weighted by atomic mass is 79.9. The van der Waals surface area contributed by atoms with E-state index in [0.29, 0.717) is 17.6 Å². The third kappa shape index (κ3) is 4.14. The van der Waals surface area contributed by atoms with Crippen molar-refractivity contribution >= 4 is 44.7 Å². The molecule has 0 bridgehead atoms. The van der Waals surface area contributed by atoms with E-state index >= 15 is 0 Å². The van der Waals surface area contributed by atoms with Gasteiger partial charge in [-0.1, -0.05) is 11.6 Å². The van der Waals surface area contributed by atoms with Crippen LogP contribution in [0.2, 0.25) is 5.15 Å². The standard InChI is InChI=1S/C12H13BrClN3OS/c1-17(5-9-3-8(13)7-19-9)12-4-10(14)15-11(16-12)6-18-2/h3-4,7H,5-6H2,1-2H3. The predicted octanol–water partition coefficient (Wildman–Crippen LogP) is 3.74. The number of anilines is 1. The molecule has 2 rings (SSSR count). The molecule has 0 N–H and O–H groups in total. The van der Waals surface area contributed by atoms with Crippen LogP contribution in [0, 0.1) is 0 Å². The van der Waals surface area contributed by atoms with Gasteiger partial charge in [-0.25, -0.2) is 9.97 Å². The van der Waals surface area contributed by atoms with Crippen LogP contribution < -0.4 is 4.90 Å². The third-order valence-corrected chi connectivity index (χ3v) is 4.28. The SMILES string of the molecule is COCc1nc(Cl)cc(N(C)Cc2cc(Br)cs2)n1. The fourth-order valence-electron chi connectivity index (χ4n) is 1.59. The predicted molar refractivity (Wildman–Crippen MR) is 81.9 cm³/mol. The molecule has 0 atom stereocenters. The third-order valence-electron chi connectivity index (χ3n) is 2.41. The number of methoxy groups -OCH3 is 1. The zero-order valence-electron chi connectivity index (χ0n) is 10.6. The summed E-state index contributed by atoms with van der Waals surface area (Å²) in [5.74, 6) is 1.38. The van der Waals surface area contributed by atoms with Gasteiger partial charge in [0.2, 0.25) is 0 Å². The zero-order chi connectivity index (χ0) is 13.8. The van der Waals surface area contributed by atoms with E-state index in [1.807, 2.05) is 11.9 Å². The summed E-state index contributed by atoms with van der Waals surface area (Å²) in [4.78, 5) is 11.8. The lowest BCUT2D eigenvalue weighted by molar-refractivity contribution is 0.178. The number of aromatic nitrogens is 2. The average molecular weight is 363 g/mol. The molecular weight excluding hydrogens is 350 g/mol. The molecule has 0 saturated heterocycles. The van der Waals surface area contributed by atoms with Crippen molar-refractivity contribution in [3.05, 3.63) is 37.8 Å². The van der Waals surface area contributed by atoms with Gasteiger partial charge in [-0.15, -0.1) is 11.3 Å². The van der Waals surface area contributed by atoms with Gasteiger partial charge < -0.3 is 9.64 Å². The molecule has 0 unspecified atom stereocenters. The van der Waals surface area contributed by atoms with E-state index in [9.17, 15) is 0 Å². The highest BCUT2D eigenvalue weighted by molar-refractivity contribution is 9.10. The monoisotopic (exact) mass is 361 g/mol. The maximum absolute atomic E-state index is 6.00. The Morgan fingerprint density at radius 2 is 2.21 bits per heavy atom. The van der Waals surface area contributed by atoms with Gasteiger partial charge in [0.05, 0.1) is 6.54 Å². The number of hydrogen-bond acceptors (Lipinski definition) is 5. The molecule has 0 aliphatic heterocycles. The maximum Gasteiger partial charge on any atom is 0.158 e. The smallest absolute Gasteiger partial charge is 0.158 e. The first kappa shape index (κ1) is 14.7. The van der Waals surface area contributed by atoms with Crippen molar-refractivity contribution in [2.24, 2.45) is 0 Å². The van der Waals surface area contributed by atoms with Crippen LogP contribution in [0.5, 0.6) is 0 Å². The number of halogens is 2. The van der Waals surface area contributed by atoms with Crippen LogP contribution in [0.25, 0.3) is 0 Å². The lowest BCUT2D eigenvalue weighted by Crippen LogP contribution is -2.18. The van der Waals surface area contributed by atoms with E-state index < -0.39 is 0 Å². The molecule has 0 fully saturated rings. The molecule has 19 heavy (non-hydrogen) atoms. The quantitative estimate of drug-likeness (QED) is 0.760. The van der Waals surface area contributed by atoms with E-state index in [4.69, 9.17) is 16.3 Å². The van der Waals surface area contributed by atoms with E-state index in [-0.39, 0.29) is 0 Å². The highest BCUT2D eigenvalue weighted by Crippen LogP contribution is 2.23. The largest absolute Gasteiger partial charge is 0.377 e. The summed E-state index contributed by atoms with van der Waals surface area (Å²) in [5.41, 5.74) is 0. The fourth-order valence-corrected chi connectivity index (χ4v) is 3.29. The Morgan fingerprint density at radius 1 is 1.42 bits per heavy atom. The first-order valence-corrected chi connectivity index (χ1v) is 7.60. The van der Waals surface area contributed by atoms with Crippen molar-refractivity contribution in [1.29, 1.82) is 0 Å². The van der Waals surface area contributed by atoms with Crippen molar-refractivity contribution in [3.8, 4) is 0 Å². The molecule has 0 spiro atoms. The van der Waals surface area contributed by atoms with Crippen LogP contribution in [0.3, 0.4) is 0 Å². The van der Waals surface area contributed by atoms with Crippen LogP contribution in [0.1, 0.15) is 10.7 Å². The Balaban J connectivity index is 2.15. The van der Waals surface area contributed by atoms with E-state index in [0.717, 1.165) is 16.8 Å². The maximum atomic E-state index is 6.00. The number of nitrogens with zero attached hydrogens (tertiary/aromatic N) is 3. The number of hydrogen-bond donors (Lipinski definition) is 0. The summed E-state index contributed by atoms with van der Waals surface area (Å²) < 4.78 is 6.13. The summed E-state index contributed by atoms with van der Waals surface area (Å²) in [6.07, 6.45) is 0. The Hall–Kier alpha value is -0.690. The Bertz CT molecular complexity index is 564. The average Bonchev–Trinajstić information content (AvgIpc) is 2.74. The highest BCUT2D eigenvalue weighted by Gasteiger charge is 2.09. The van der Waals surface area contributed by atoms with E-state index in [1.165, 1.54) is 4.88 Å². The topological polar surface area (TPSA) is 38.2 Å². The second-order valence-corrected chi connectivity index (χ2v) is 6.28. The molecule has 4 nitrogen and oxygen atoms in total. The van der Waals surface area contributed by atoms with E-state index in [2.05, 4.69) is 37.3 Å². The van der Waals surface area contributed by atoms with Crippen LogP contribution in [0.15, 0.2) is 22.0 Å². The van der Waals surface area contributed by atoms with Crippen LogP contribution >= 0.6 is 38.9 Å². The van der Waals surface area contributed by atoms with Crippen molar-refractivity contribution in [2.45, 2.75) is 13.2 Å². The molecule has 0 aliphatic carbocycles. The minimum absolute atomic E-state index is 0.353. The Kier molecular flexibility index (Phi) is 5.15. The van der Waals surface area contributed by atoms with Crippen molar-refractivity contribution < 1.29 is 4.74 Å². The normalized spacial score (nSPS) is 10.7. The second kappa shape index (κ2) is 6.65. The van der Waals surface area contributed by atoms with Gasteiger partial charge in [-0.3, -0.25) is 0 Å². The van der Waals surface area contributed by atoms with E-state index in [1.54, 1.807) is 24.5 Å². The van der Waals surface area contributed by atoms with Gasteiger partial charge in [-0.2, -0.15) is 0 Å². The Labute approximate surface area is 129 Å². The zero-order valence-corrected chi connectivity index (χ0v) is 13.7. The van der Waals surface area contributed by atoms with Crippen molar-refractivity contribution in [3.63, 3.8) is 0 Å². The number of ether oxygens (including phenoxy) is 1. The van der Waals surface area contributed by atoms with Gasteiger partial charge in [-0.05, 0) is 22.0 Å². The first-order valence-electron chi connectivity index (χ1n) is 5.55. The first-order chi connectivity index (χ1) is 9.08. The molecule has 2 aromatic heterocycles. The molecule has 0 radical (unpaired) electrons. The summed E-state index contributed by atoms with van der Waals surface area (Å²) >= 11 is 11.2. The molecule has 2 aromatic rings.